The molecule has 8 heteroatoms. The zero-order valence-electron chi connectivity index (χ0n) is 22.9. The van der Waals surface area contributed by atoms with Gasteiger partial charge in [0.15, 0.2) is 0 Å². The molecule has 3 heterocycles. The predicted octanol–water partition coefficient (Wildman–Crippen LogP) is 4.95. The van der Waals surface area contributed by atoms with Crippen molar-refractivity contribution in [1.82, 2.24) is 14.7 Å². The number of hydrogen-bond acceptors (Lipinski definition) is 6. The average Bonchev–Trinajstić information content (AvgIpc) is 3.67. The van der Waals surface area contributed by atoms with Gasteiger partial charge in [0.25, 0.3) is 0 Å². The SMILES string of the molecule is CN1CC[C@@H](N(C)C(=O)C2CC3(CCN(C4=NN(c5ccc(C#N)c(Cl)c5)C(C5CCCC5)C4)CC3)C2)C1. The van der Waals surface area contributed by atoms with Crippen molar-refractivity contribution in [3.05, 3.63) is 28.8 Å². The van der Waals surface area contributed by atoms with Crippen molar-refractivity contribution in [2.24, 2.45) is 22.4 Å². The largest absolute Gasteiger partial charge is 0.359 e. The molecule has 204 valence electrons. The first-order valence-corrected chi connectivity index (χ1v) is 15.0. The number of benzene rings is 1. The smallest absolute Gasteiger partial charge is 0.225 e. The summed E-state index contributed by atoms with van der Waals surface area (Å²) in [5, 5.41) is 17.2. The van der Waals surface area contributed by atoms with Crippen LogP contribution >= 0.6 is 11.6 Å². The molecule has 1 aromatic rings. The van der Waals surface area contributed by atoms with E-state index in [1.807, 2.05) is 25.2 Å². The Morgan fingerprint density at radius 1 is 1.16 bits per heavy atom. The quantitative estimate of drug-likeness (QED) is 0.545. The van der Waals surface area contributed by atoms with Gasteiger partial charge in [-0.25, -0.2) is 0 Å². The Bertz CT molecular complexity index is 1120. The second kappa shape index (κ2) is 10.4. The molecule has 0 N–H and O–H groups in total. The third-order valence-electron chi connectivity index (χ3n) is 10.4. The van der Waals surface area contributed by atoms with Gasteiger partial charge in [-0.05, 0) is 88.1 Å². The van der Waals surface area contributed by atoms with E-state index < -0.39 is 0 Å². The van der Waals surface area contributed by atoms with Crippen LogP contribution in [0.25, 0.3) is 0 Å². The van der Waals surface area contributed by atoms with Crippen LogP contribution in [0.2, 0.25) is 5.02 Å². The van der Waals surface area contributed by atoms with E-state index in [0.717, 1.165) is 70.4 Å². The Labute approximate surface area is 232 Å². The van der Waals surface area contributed by atoms with Gasteiger partial charge in [0.1, 0.15) is 11.9 Å². The molecule has 7 nitrogen and oxygen atoms in total. The summed E-state index contributed by atoms with van der Waals surface area (Å²) >= 11 is 6.41. The predicted molar refractivity (Wildman–Crippen MR) is 151 cm³/mol. The van der Waals surface area contributed by atoms with E-state index in [1.165, 1.54) is 31.5 Å². The van der Waals surface area contributed by atoms with Crippen LogP contribution in [0.15, 0.2) is 23.3 Å². The maximum atomic E-state index is 13.2. The Hall–Kier alpha value is -2.30. The van der Waals surface area contributed by atoms with Gasteiger partial charge in [0, 0.05) is 45.1 Å². The number of anilines is 1. The first-order valence-electron chi connectivity index (χ1n) is 14.6. The number of likely N-dealkylation sites (tertiary alicyclic amines) is 2. The Kier molecular flexibility index (Phi) is 7.07. The number of hydrazone groups is 1. The molecular formula is C30H41ClN6O. The fourth-order valence-corrected chi connectivity index (χ4v) is 8.12. The highest BCUT2D eigenvalue weighted by atomic mass is 35.5. The molecule has 3 aliphatic heterocycles. The molecule has 4 fully saturated rings. The number of carbonyl (C=O) groups is 1. The highest BCUT2D eigenvalue weighted by Crippen LogP contribution is 2.53. The van der Waals surface area contributed by atoms with Crippen LogP contribution in [0, 0.1) is 28.6 Å². The van der Waals surface area contributed by atoms with E-state index in [2.05, 4.69) is 32.8 Å². The average molecular weight is 537 g/mol. The van der Waals surface area contributed by atoms with Crippen molar-refractivity contribution in [1.29, 1.82) is 5.26 Å². The fraction of sp³-hybridized carbons (Fsp3) is 0.700. The molecule has 1 unspecified atom stereocenters. The van der Waals surface area contributed by atoms with Gasteiger partial charge in [-0.2, -0.15) is 10.4 Å². The molecule has 2 atom stereocenters. The Balaban J connectivity index is 1.09. The van der Waals surface area contributed by atoms with Crippen LogP contribution in [0.5, 0.6) is 0 Å². The molecule has 1 amide bonds. The molecule has 38 heavy (non-hydrogen) atoms. The molecule has 0 bridgehead atoms. The lowest BCUT2D eigenvalue weighted by atomic mass is 9.57. The topological polar surface area (TPSA) is 66.2 Å². The van der Waals surface area contributed by atoms with Crippen LogP contribution < -0.4 is 5.01 Å². The number of piperidine rings is 1. The number of hydrogen-bond donors (Lipinski definition) is 0. The van der Waals surface area contributed by atoms with Crippen molar-refractivity contribution in [2.75, 3.05) is 45.3 Å². The molecule has 6 rings (SSSR count). The van der Waals surface area contributed by atoms with Crippen molar-refractivity contribution >= 4 is 29.0 Å². The minimum absolute atomic E-state index is 0.213. The number of carbonyl (C=O) groups excluding carboxylic acids is 1. The van der Waals surface area contributed by atoms with E-state index >= 15 is 0 Å². The monoisotopic (exact) mass is 536 g/mol. The van der Waals surface area contributed by atoms with Crippen molar-refractivity contribution in [3.63, 3.8) is 0 Å². The van der Waals surface area contributed by atoms with E-state index in [9.17, 15) is 10.1 Å². The summed E-state index contributed by atoms with van der Waals surface area (Å²) in [6, 6.07) is 8.64. The Morgan fingerprint density at radius 3 is 2.53 bits per heavy atom. The summed E-state index contributed by atoms with van der Waals surface area (Å²) in [5.74, 6) is 2.44. The molecule has 1 aromatic carbocycles. The van der Waals surface area contributed by atoms with Gasteiger partial charge in [0.05, 0.1) is 22.3 Å². The number of rotatable bonds is 4. The van der Waals surface area contributed by atoms with Crippen LogP contribution in [0.3, 0.4) is 0 Å². The van der Waals surface area contributed by atoms with Gasteiger partial charge < -0.3 is 14.7 Å². The highest BCUT2D eigenvalue weighted by Gasteiger charge is 2.50. The summed E-state index contributed by atoms with van der Waals surface area (Å²) in [6.45, 7) is 4.16. The molecule has 5 aliphatic rings. The molecule has 2 aliphatic carbocycles. The molecule has 2 saturated carbocycles. The van der Waals surface area contributed by atoms with E-state index in [1.54, 1.807) is 0 Å². The van der Waals surface area contributed by atoms with Crippen LogP contribution in [0.4, 0.5) is 5.69 Å². The summed E-state index contributed by atoms with van der Waals surface area (Å²) in [4.78, 5) is 20.0. The molecule has 1 spiro atoms. The number of amidine groups is 1. The summed E-state index contributed by atoms with van der Waals surface area (Å²) < 4.78 is 0. The summed E-state index contributed by atoms with van der Waals surface area (Å²) in [6.07, 6.45) is 11.6. The van der Waals surface area contributed by atoms with Gasteiger partial charge in [-0.15, -0.1) is 0 Å². The Morgan fingerprint density at radius 2 is 1.89 bits per heavy atom. The first-order chi connectivity index (χ1) is 18.4. The third-order valence-corrected chi connectivity index (χ3v) is 10.7. The lowest BCUT2D eigenvalue weighted by Crippen LogP contribution is -2.53. The number of halogens is 1. The zero-order chi connectivity index (χ0) is 26.4. The molecular weight excluding hydrogens is 496 g/mol. The molecule has 2 saturated heterocycles. The second-order valence-electron chi connectivity index (χ2n) is 12.7. The summed E-state index contributed by atoms with van der Waals surface area (Å²) in [5.41, 5.74) is 1.85. The fourth-order valence-electron chi connectivity index (χ4n) is 7.90. The van der Waals surface area contributed by atoms with E-state index in [-0.39, 0.29) is 5.92 Å². The number of amides is 1. The lowest BCUT2D eigenvalue weighted by molar-refractivity contribution is -0.146. The third kappa shape index (κ3) is 4.79. The zero-order valence-corrected chi connectivity index (χ0v) is 23.7. The standard InChI is InChI=1S/C30H41ClN6O/c1-34-12-9-25(20-34)35(2)29(38)23-17-30(18-23)10-13-36(14-11-30)28-16-27(21-5-3-4-6-21)37(33-28)24-8-7-22(19-32)26(31)15-24/h7-8,15,21,23,25,27H,3-6,9-14,16-18,20H2,1-2H3/t25-,27?/m1/s1. The normalized spacial score (nSPS) is 28.0. The maximum Gasteiger partial charge on any atom is 0.225 e. The lowest BCUT2D eigenvalue weighted by Gasteiger charge is -2.52. The molecule has 0 aromatic heterocycles. The van der Waals surface area contributed by atoms with Crippen molar-refractivity contribution < 1.29 is 4.79 Å². The number of nitriles is 1. The van der Waals surface area contributed by atoms with Crippen LogP contribution in [-0.2, 0) is 4.79 Å². The number of nitrogens with zero attached hydrogens (tertiary/aromatic N) is 6. The van der Waals surface area contributed by atoms with Crippen LogP contribution in [0.1, 0.15) is 69.8 Å². The van der Waals surface area contributed by atoms with Gasteiger partial charge in [-0.3, -0.25) is 9.80 Å². The van der Waals surface area contributed by atoms with Crippen molar-refractivity contribution in [3.8, 4) is 6.07 Å². The van der Waals surface area contributed by atoms with Crippen LogP contribution in [-0.4, -0.2) is 78.8 Å². The summed E-state index contributed by atoms with van der Waals surface area (Å²) in [7, 11) is 4.17. The van der Waals surface area contributed by atoms with Gasteiger partial charge >= 0.3 is 0 Å². The van der Waals surface area contributed by atoms with Crippen molar-refractivity contribution in [2.45, 2.75) is 76.3 Å². The second-order valence-corrected chi connectivity index (χ2v) is 13.1. The van der Waals surface area contributed by atoms with E-state index in [0.29, 0.717) is 39.9 Å². The first kappa shape index (κ1) is 26.0. The highest BCUT2D eigenvalue weighted by molar-refractivity contribution is 6.32. The van der Waals surface area contributed by atoms with Gasteiger partial charge in [-0.1, -0.05) is 24.4 Å². The van der Waals surface area contributed by atoms with E-state index in [4.69, 9.17) is 16.7 Å². The minimum Gasteiger partial charge on any atom is -0.359 e. The maximum absolute atomic E-state index is 13.2. The van der Waals surface area contributed by atoms with Gasteiger partial charge in [0.2, 0.25) is 5.91 Å². The number of likely N-dealkylation sites (N-methyl/N-ethyl adjacent to an activating group) is 2. The molecule has 0 radical (unpaired) electrons. The minimum atomic E-state index is 0.213.